The van der Waals surface area contributed by atoms with Crippen LogP contribution in [0.4, 0.5) is 0 Å². The van der Waals surface area contributed by atoms with E-state index in [0.717, 1.165) is 26.0 Å². The quantitative estimate of drug-likeness (QED) is 0.363. The van der Waals surface area contributed by atoms with Gasteiger partial charge < -0.3 is 14.5 Å². The van der Waals surface area contributed by atoms with Crippen molar-refractivity contribution in [1.82, 2.24) is 4.98 Å². The lowest BCUT2D eigenvalue weighted by Crippen LogP contribution is -2.06. The summed E-state index contributed by atoms with van der Waals surface area (Å²) < 4.78 is 11.5. The number of H-pyrrole nitrogens is 1. The monoisotopic (exact) mass is 453 g/mol. The number of halogens is 2. The van der Waals surface area contributed by atoms with Gasteiger partial charge in [-0.15, -0.1) is 11.8 Å². The molecule has 0 fully saturated rings. The minimum absolute atomic E-state index is 0.322. The van der Waals surface area contributed by atoms with E-state index in [-0.39, 0.29) is 5.97 Å². The van der Waals surface area contributed by atoms with Crippen molar-refractivity contribution in [3.63, 3.8) is 0 Å². The number of thioether (sulfide) groups is 1. The molecule has 0 saturated heterocycles. The van der Waals surface area contributed by atoms with E-state index in [0.29, 0.717) is 28.7 Å². The molecule has 0 saturated carbocycles. The van der Waals surface area contributed by atoms with Crippen LogP contribution in [0, 0.1) is 0 Å². The zero-order valence-corrected chi connectivity index (χ0v) is 17.4. The van der Waals surface area contributed by atoms with Gasteiger partial charge in [0.05, 0.1) is 23.8 Å². The Morgan fingerprint density at radius 1 is 1.27 bits per heavy atom. The summed E-state index contributed by atoms with van der Waals surface area (Å²) in [4.78, 5) is 17.0. The lowest BCUT2D eigenvalue weighted by atomic mass is 10.1. The molecule has 0 atom stereocenters. The summed E-state index contributed by atoms with van der Waals surface area (Å²) in [5.41, 5.74) is 2.22. The largest absolute Gasteiger partial charge is 0.496 e. The molecule has 0 amide bonds. The molecule has 0 aliphatic rings. The number of carbonyl (C=O) groups is 1. The van der Waals surface area contributed by atoms with E-state index in [1.165, 1.54) is 0 Å². The Balaban J connectivity index is 2.00. The third-order valence-corrected chi connectivity index (χ3v) is 5.74. The number of aromatic nitrogens is 1. The minimum Gasteiger partial charge on any atom is -0.496 e. The molecule has 7 heteroatoms. The standard InChI is InChI=1S/C19H17BrClNO3S/c1-3-25-19(23)18-13-8-17(24-2)14(20)9-15(13)22-16(18)10-26-12-6-4-11(21)5-7-12/h4-9,22H,3,10H2,1-2H3. The van der Waals surface area contributed by atoms with Gasteiger partial charge in [0, 0.05) is 32.3 Å². The number of nitrogens with one attached hydrogen (secondary N) is 1. The molecule has 26 heavy (non-hydrogen) atoms. The summed E-state index contributed by atoms with van der Waals surface area (Å²) in [6.07, 6.45) is 0. The molecule has 0 unspecified atom stereocenters. The van der Waals surface area contributed by atoms with Gasteiger partial charge in [0.25, 0.3) is 0 Å². The number of esters is 1. The number of carbonyl (C=O) groups excluding carboxylic acids is 1. The average Bonchev–Trinajstić information content (AvgIpc) is 2.97. The number of hydrogen-bond acceptors (Lipinski definition) is 4. The first-order valence-electron chi connectivity index (χ1n) is 7.97. The fraction of sp³-hybridized carbons (Fsp3) is 0.211. The molecule has 0 radical (unpaired) electrons. The Labute approximate surface area is 169 Å². The highest BCUT2D eigenvalue weighted by molar-refractivity contribution is 9.10. The van der Waals surface area contributed by atoms with Gasteiger partial charge >= 0.3 is 5.97 Å². The van der Waals surface area contributed by atoms with Crippen LogP contribution in [0.1, 0.15) is 23.0 Å². The van der Waals surface area contributed by atoms with Gasteiger partial charge in [0.1, 0.15) is 5.75 Å². The van der Waals surface area contributed by atoms with Crippen LogP contribution >= 0.6 is 39.3 Å². The molecule has 0 spiro atoms. The first-order chi connectivity index (χ1) is 12.5. The fourth-order valence-corrected chi connectivity index (χ4v) is 4.13. The molecule has 0 bridgehead atoms. The second-order valence-electron chi connectivity index (χ2n) is 5.47. The maximum Gasteiger partial charge on any atom is 0.340 e. The molecule has 4 nitrogen and oxygen atoms in total. The molecule has 0 aliphatic carbocycles. The van der Waals surface area contributed by atoms with Gasteiger partial charge in [-0.2, -0.15) is 0 Å². The molecule has 3 rings (SSSR count). The van der Waals surface area contributed by atoms with Crippen molar-refractivity contribution in [2.45, 2.75) is 17.6 Å². The third-order valence-electron chi connectivity index (χ3n) is 3.83. The summed E-state index contributed by atoms with van der Waals surface area (Å²) in [6.45, 7) is 2.12. The second kappa shape index (κ2) is 8.37. The highest BCUT2D eigenvalue weighted by Crippen LogP contribution is 2.35. The van der Waals surface area contributed by atoms with E-state index >= 15 is 0 Å². The average molecular weight is 455 g/mol. The molecule has 0 aliphatic heterocycles. The van der Waals surface area contributed by atoms with Crippen molar-refractivity contribution in [2.24, 2.45) is 0 Å². The molecular weight excluding hydrogens is 438 g/mol. The Morgan fingerprint density at radius 3 is 2.65 bits per heavy atom. The number of fused-ring (bicyclic) bond motifs is 1. The van der Waals surface area contributed by atoms with Gasteiger partial charge in [-0.1, -0.05) is 11.6 Å². The maximum atomic E-state index is 12.6. The van der Waals surface area contributed by atoms with Crippen LogP contribution in [0.2, 0.25) is 5.02 Å². The predicted octanol–water partition coefficient (Wildman–Crippen LogP) is 6.06. The van der Waals surface area contributed by atoms with Gasteiger partial charge in [-0.3, -0.25) is 0 Å². The Bertz CT molecular complexity index is 940. The van der Waals surface area contributed by atoms with Gasteiger partial charge in [-0.05, 0) is 59.3 Å². The normalized spacial score (nSPS) is 10.9. The van der Waals surface area contributed by atoms with E-state index < -0.39 is 0 Å². The van der Waals surface area contributed by atoms with Crippen molar-refractivity contribution in [1.29, 1.82) is 0 Å². The molecule has 2 aromatic carbocycles. The number of hydrogen-bond donors (Lipinski definition) is 1. The van der Waals surface area contributed by atoms with E-state index in [2.05, 4.69) is 20.9 Å². The first kappa shape index (κ1) is 19.1. The van der Waals surface area contributed by atoms with Crippen molar-refractivity contribution < 1.29 is 14.3 Å². The number of benzene rings is 2. The van der Waals surface area contributed by atoms with Gasteiger partial charge in [-0.25, -0.2) is 4.79 Å². The first-order valence-corrected chi connectivity index (χ1v) is 10.1. The number of rotatable bonds is 6. The molecule has 3 aromatic rings. The van der Waals surface area contributed by atoms with E-state index in [1.807, 2.05) is 36.4 Å². The number of methoxy groups -OCH3 is 1. The Hall–Kier alpha value is -1.63. The molecule has 1 heterocycles. The smallest absolute Gasteiger partial charge is 0.340 e. The summed E-state index contributed by atoms with van der Waals surface area (Å²) in [7, 11) is 1.60. The van der Waals surface area contributed by atoms with E-state index in [9.17, 15) is 4.79 Å². The van der Waals surface area contributed by atoms with Gasteiger partial charge in [0.15, 0.2) is 0 Å². The lowest BCUT2D eigenvalue weighted by molar-refractivity contribution is 0.0528. The van der Waals surface area contributed by atoms with Crippen molar-refractivity contribution >= 4 is 56.2 Å². The topological polar surface area (TPSA) is 51.3 Å². The SMILES string of the molecule is CCOC(=O)c1c(CSc2ccc(Cl)cc2)[nH]c2cc(Br)c(OC)cc12. The van der Waals surface area contributed by atoms with Crippen LogP contribution in [0.25, 0.3) is 10.9 Å². The van der Waals surface area contributed by atoms with E-state index in [4.69, 9.17) is 21.1 Å². The van der Waals surface area contributed by atoms with Crippen molar-refractivity contribution in [3.8, 4) is 5.75 Å². The van der Waals surface area contributed by atoms with Crippen molar-refractivity contribution in [3.05, 3.63) is 57.2 Å². The second-order valence-corrected chi connectivity index (χ2v) is 7.81. The van der Waals surface area contributed by atoms with Crippen LogP contribution in [-0.2, 0) is 10.5 Å². The van der Waals surface area contributed by atoms with Crippen LogP contribution < -0.4 is 4.74 Å². The molecule has 136 valence electrons. The Kier molecular flexibility index (Phi) is 6.16. The summed E-state index contributed by atoms with van der Waals surface area (Å²) in [5, 5.41) is 1.49. The maximum absolute atomic E-state index is 12.6. The summed E-state index contributed by atoms with van der Waals surface area (Å²) in [5.74, 6) is 0.929. The number of ether oxygens (including phenoxy) is 2. The fourth-order valence-electron chi connectivity index (χ4n) is 2.64. The minimum atomic E-state index is -0.338. The zero-order chi connectivity index (χ0) is 18.7. The third kappa shape index (κ3) is 4.03. The lowest BCUT2D eigenvalue weighted by Gasteiger charge is -2.06. The van der Waals surface area contributed by atoms with E-state index in [1.54, 1.807) is 25.8 Å². The highest BCUT2D eigenvalue weighted by Gasteiger charge is 2.21. The van der Waals surface area contributed by atoms with Gasteiger partial charge in [0.2, 0.25) is 0 Å². The highest BCUT2D eigenvalue weighted by atomic mass is 79.9. The number of aromatic amines is 1. The molecule has 1 aromatic heterocycles. The van der Waals surface area contributed by atoms with Crippen LogP contribution in [0.15, 0.2) is 45.8 Å². The summed E-state index contributed by atoms with van der Waals surface area (Å²) >= 11 is 11.0. The molecule has 1 N–H and O–H groups in total. The predicted molar refractivity (Wildman–Crippen MR) is 110 cm³/mol. The van der Waals surface area contributed by atoms with Crippen LogP contribution in [0.3, 0.4) is 0 Å². The van der Waals surface area contributed by atoms with Crippen molar-refractivity contribution in [2.75, 3.05) is 13.7 Å². The van der Waals surface area contributed by atoms with Crippen LogP contribution in [0.5, 0.6) is 5.75 Å². The summed E-state index contributed by atoms with van der Waals surface area (Å²) in [6, 6.07) is 11.4. The van der Waals surface area contributed by atoms with Crippen LogP contribution in [-0.4, -0.2) is 24.7 Å². The Morgan fingerprint density at radius 2 is 2.00 bits per heavy atom. The molecular formula is C19H17BrClNO3S. The zero-order valence-electron chi connectivity index (χ0n) is 14.3.